The van der Waals surface area contributed by atoms with Crippen LogP contribution in [0.15, 0.2) is 41.8 Å². The Labute approximate surface area is 98.7 Å². The van der Waals surface area contributed by atoms with E-state index in [1.807, 2.05) is 41.8 Å². The smallest absolute Gasteiger partial charge is 0.173 e. The van der Waals surface area contributed by atoms with Gasteiger partial charge in [-0.1, -0.05) is 18.2 Å². The predicted molar refractivity (Wildman–Crippen MR) is 67.8 cm³/mol. The van der Waals surface area contributed by atoms with E-state index >= 15 is 0 Å². The number of carbonyl (C=O) groups excluding carboxylic acids is 1. The van der Waals surface area contributed by atoms with Gasteiger partial charge in [0, 0.05) is 12.1 Å². The van der Waals surface area contributed by atoms with E-state index in [0.717, 1.165) is 22.5 Å². The van der Waals surface area contributed by atoms with Gasteiger partial charge in [0.2, 0.25) is 0 Å². The molecule has 0 amide bonds. The first-order valence-corrected chi connectivity index (χ1v) is 6.05. The number of benzene rings is 1. The molecular weight excluding hydrogens is 218 g/mol. The van der Waals surface area contributed by atoms with Crippen molar-refractivity contribution in [3.63, 3.8) is 0 Å². The first-order valence-electron chi connectivity index (χ1n) is 5.17. The molecule has 0 spiro atoms. The van der Waals surface area contributed by atoms with Crippen LogP contribution in [0.1, 0.15) is 21.7 Å². The Kier molecular flexibility index (Phi) is 3.37. The second-order valence-electron chi connectivity index (χ2n) is 3.65. The number of anilines is 1. The minimum Gasteiger partial charge on any atom is -0.399 e. The highest BCUT2D eigenvalue weighted by Gasteiger charge is 2.06. The largest absolute Gasteiger partial charge is 0.399 e. The Morgan fingerprint density at radius 3 is 2.81 bits per heavy atom. The average molecular weight is 231 g/mol. The molecule has 0 bridgehead atoms. The fourth-order valence-corrected chi connectivity index (χ4v) is 2.26. The van der Waals surface area contributed by atoms with Crippen LogP contribution in [0.5, 0.6) is 0 Å². The molecule has 0 unspecified atom stereocenters. The lowest BCUT2D eigenvalue weighted by Gasteiger charge is -2.01. The van der Waals surface area contributed by atoms with Gasteiger partial charge in [-0.15, -0.1) is 11.3 Å². The highest BCUT2D eigenvalue weighted by atomic mass is 32.1. The van der Waals surface area contributed by atoms with Crippen molar-refractivity contribution in [3.8, 4) is 0 Å². The minimum atomic E-state index is 0.206. The second-order valence-corrected chi connectivity index (χ2v) is 4.59. The number of rotatable bonds is 4. The number of aryl methyl sites for hydroxylation is 1. The van der Waals surface area contributed by atoms with Crippen molar-refractivity contribution >= 4 is 22.8 Å². The molecule has 2 aromatic rings. The Hall–Kier alpha value is -1.61. The summed E-state index contributed by atoms with van der Waals surface area (Å²) in [6.45, 7) is 0. The number of nitrogens with two attached hydrogens (primary N) is 1. The van der Waals surface area contributed by atoms with Crippen molar-refractivity contribution in [1.29, 1.82) is 0 Å². The first-order chi connectivity index (χ1) is 7.75. The van der Waals surface area contributed by atoms with E-state index in [4.69, 9.17) is 5.73 Å². The minimum absolute atomic E-state index is 0.206. The molecule has 0 aliphatic carbocycles. The van der Waals surface area contributed by atoms with Gasteiger partial charge in [-0.05, 0) is 35.6 Å². The Morgan fingerprint density at radius 1 is 1.25 bits per heavy atom. The maximum absolute atomic E-state index is 11.7. The third-order valence-corrected chi connectivity index (χ3v) is 3.30. The van der Waals surface area contributed by atoms with Crippen LogP contribution in [-0.2, 0) is 6.42 Å². The van der Waals surface area contributed by atoms with Gasteiger partial charge in [0.15, 0.2) is 5.78 Å². The zero-order valence-corrected chi connectivity index (χ0v) is 9.67. The lowest BCUT2D eigenvalue weighted by atomic mass is 10.1. The SMILES string of the molecule is Nc1cccc(CCC(=O)c2cccs2)c1. The van der Waals surface area contributed by atoms with Crippen molar-refractivity contribution in [1.82, 2.24) is 0 Å². The van der Waals surface area contributed by atoms with Crippen molar-refractivity contribution in [2.75, 3.05) is 5.73 Å². The van der Waals surface area contributed by atoms with Gasteiger partial charge in [-0.25, -0.2) is 0 Å². The summed E-state index contributed by atoms with van der Waals surface area (Å²) in [6.07, 6.45) is 1.30. The lowest BCUT2D eigenvalue weighted by molar-refractivity contribution is 0.0987. The van der Waals surface area contributed by atoms with Gasteiger partial charge in [-0.3, -0.25) is 4.79 Å². The van der Waals surface area contributed by atoms with E-state index in [-0.39, 0.29) is 5.78 Å². The highest BCUT2D eigenvalue weighted by molar-refractivity contribution is 7.12. The summed E-state index contributed by atoms with van der Waals surface area (Å²) in [5, 5.41) is 1.92. The van der Waals surface area contributed by atoms with Crippen LogP contribution in [0.3, 0.4) is 0 Å². The van der Waals surface area contributed by atoms with Crippen LogP contribution in [0, 0.1) is 0 Å². The first kappa shape index (κ1) is 10.9. The Morgan fingerprint density at radius 2 is 2.12 bits per heavy atom. The number of carbonyl (C=O) groups is 1. The third-order valence-electron chi connectivity index (χ3n) is 2.39. The molecule has 3 heteroatoms. The molecule has 82 valence electrons. The molecule has 2 nitrogen and oxygen atoms in total. The molecule has 1 aromatic carbocycles. The summed E-state index contributed by atoms with van der Waals surface area (Å²) < 4.78 is 0. The number of thiophene rings is 1. The zero-order chi connectivity index (χ0) is 11.4. The van der Waals surface area contributed by atoms with Gasteiger partial charge < -0.3 is 5.73 Å². The van der Waals surface area contributed by atoms with Crippen LogP contribution in [0.2, 0.25) is 0 Å². The van der Waals surface area contributed by atoms with E-state index in [2.05, 4.69) is 0 Å². The second kappa shape index (κ2) is 4.94. The number of nitrogen functional groups attached to an aromatic ring is 1. The van der Waals surface area contributed by atoms with Crippen LogP contribution in [-0.4, -0.2) is 5.78 Å². The standard InChI is InChI=1S/C13H13NOS/c14-11-4-1-3-10(9-11)6-7-12(15)13-5-2-8-16-13/h1-5,8-9H,6-7,14H2. The molecule has 0 aliphatic heterocycles. The summed E-state index contributed by atoms with van der Waals surface area (Å²) in [4.78, 5) is 12.6. The van der Waals surface area contributed by atoms with E-state index in [1.165, 1.54) is 11.3 Å². The van der Waals surface area contributed by atoms with Crippen LogP contribution in [0.4, 0.5) is 5.69 Å². The molecule has 0 saturated carbocycles. The molecule has 1 aromatic heterocycles. The maximum atomic E-state index is 11.7. The van der Waals surface area contributed by atoms with E-state index in [9.17, 15) is 4.79 Å². The molecule has 16 heavy (non-hydrogen) atoms. The van der Waals surface area contributed by atoms with Crippen molar-refractivity contribution in [2.45, 2.75) is 12.8 Å². The number of hydrogen-bond acceptors (Lipinski definition) is 3. The molecule has 0 saturated heterocycles. The molecule has 0 radical (unpaired) electrons. The van der Waals surface area contributed by atoms with Gasteiger partial charge >= 0.3 is 0 Å². The summed E-state index contributed by atoms with van der Waals surface area (Å²) in [5.74, 6) is 0.206. The van der Waals surface area contributed by atoms with Gasteiger partial charge in [0.1, 0.15) is 0 Å². The van der Waals surface area contributed by atoms with Gasteiger partial charge in [0.25, 0.3) is 0 Å². The Balaban J connectivity index is 1.95. The van der Waals surface area contributed by atoms with Crippen LogP contribution < -0.4 is 5.73 Å². The predicted octanol–water partition coefficient (Wildman–Crippen LogP) is 3.15. The van der Waals surface area contributed by atoms with Gasteiger partial charge in [0.05, 0.1) is 4.88 Å². The summed E-state index contributed by atoms with van der Waals surface area (Å²) in [5.41, 5.74) is 7.54. The Bertz CT molecular complexity index is 476. The van der Waals surface area contributed by atoms with Crippen molar-refractivity contribution < 1.29 is 4.79 Å². The summed E-state index contributed by atoms with van der Waals surface area (Å²) >= 11 is 1.50. The van der Waals surface area contributed by atoms with E-state index in [0.29, 0.717) is 6.42 Å². The number of Topliss-reactive ketones (excluding diaryl/α,β-unsaturated/α-hetero) is 1. The van der Waals surface area contributed by atoms with E-state index < -0.39 is 0 Å². The topological polar surface area (TPSA) is 43.1 Å². The third kappa shape index (κ3) is 2.70. The van der Waals surface area contributed by atoms with E-state index in [1.54, 1.807) is 0 Å². The molecule has 1 heterocycles. The van der Waals surface area contributed by atoms with Crippen LogP contribution in [0.25, 0.3) is 0 Å². The highest BCUT2D eigenvalue weighted by Crippen LogP contribution is 2.14. The van der Waals surface area contributed by atoms with Crippen molar-refractivity contribution in [3.05, 3.63) is 52.2 Å². The molecule has 0 fully saturated rings. The zero-order valence-electron chi connectivity index (χ0n) is 8.85. The summed E-state index contributed by atoms with van der Waals surface area (Å²) in [7, 11) is 0. The number of hydrogen-bond donors (Lipinski definition) is 1. The molecule has 0 atom stereocenters. The fourth-order valence-electron chi connectivity index (χ4n) is 1.57. The normalized spacial score (nSPS) is 10.2. The van der Waals surface area contributed by atoms with Crippen molar-refractivity contribution in [2.24, 2.45) is 0 Å². The molecule has 0 aliphatic rings. The quantitative estimate of drug-likeness (QED) is 0.649. The molecule has 2 rings (SSSR count). The molecule has 2 N–H and O–H groups in total. The number of ketones is 1. The average Bonchev–Trinajstić information content (AvgIpc) is 2.79. The lowest BCUT2D eigenvalue weighted by Crippen LogP contribution is -1.99. The molecular formula is C13H13NOS. The maximum Gasteiger partial charge on any atom is 0.173 e. The van der Waals surface area contributed by atoms with Crippen LogP contribution >= 0.6 is 11.3 Å². The fraction of sp³-hybridized carbons (Fsp3) is 0.154. The van der Waals surface area contributed by atoms with Gasteiger partial charge in [-0.2, -0.15) is 0 Å². The monoisotopic (exact) mass is 231 g/mol. The summed E-state index contributed by atoms with van der Waals surface area (Å²) in [6, 6.07) is 11.5.